The van der Waals surface area contributed by atoms with E-state index in [1.807, 2.05) is 24.3 Å². The van der Waals surface area contributed by atoms with E-state index in [2.05, 4.69) is 9.97 Å². The zero-order chi connectivity index (χ0) is 10.7. The van der Waals surface area contributed by atoms with Gasteiger partial charge in [-0.3, -0.25) is 9.97 Å². The van der Waals surface area contributed by atoms with E-state index in [9.17, 15) is 0 Å². The number of nitrogens with zero attached hydrogens (tertiary/aromatic N) is 2. The summed E-state index contributed by atoms with van der Waals surface area (Å²) in [7, 11) is 0. The molecule has 2 N–H and O–H groups in total. The highest BCUT2D eigenvalue weighted by atomic mass is 35.5. The predicted octanol–water partition coefficient (Wildman–Crippen LogP) is 2.26. The van der Waals surface area contributed by atoms with Crippen LogP contribution in [0.1, 0.15) is 5.69 Å². The van der Waals surface area contributed by atoms with Crippen LogP contribution in [0.25, 0.3) is 11.3 Å². The quantitative estimate of drug-likeness (QED) is 0.843. The van der Waals surface area contributed by atoms with E-state index in [0.717, 1.165) is 17.0 Å². The highest BCUT2D eigenvalue weighted by Gasteiger charge is 2.00. The molecule has 0 bridgehead atoms. The third kappa shape index (κ3) is 2.32. The molecule has 0 fully saturated rings. The van der Waals surface area contributed by atoms with Crippen LogP contribution in [0.3, 0.4) is 0 Å². The Morgan fingerprint density at radius 2 is 2.07 bits per heavy atom. The van der Waals surface area contributed by atoms with Crippen molar-refractivity contribution in [2.75, 3.05) is 0 Å². The summed E-state index contributed by atoms with van der Waals surface area (Å²) in [5.41, 5.74) is 8.24. The maximum Gasteiger partial charge on any atom is 0.0704 e. The first-order valence-electron chi connectivity index (χ1n) is 4.56. The molecule has 0 radical (unpaired) electrons. The number of aromatic nitrogens is 2. The van der Waals surface area contributed by atoms with Gasteiger partial charge in [0.25, 0.3) is 0 Å². The standard InChI is InChI=1S/C11H10ClN3/c12-9-1-2-11(15-7-9)8-3-4-14-10(5-8)6-13/h1-5,7H,6,13H2. The van der Waals surface area contributed by atoms with E-state index in [1.54, 1.807) is 12.4 Å². The number of halogens is 1. The molecule has 0 unspecified atom stereocenters. The molecular weight excluding hydrogens is 210 g/mol. The van der Waals surface area contributed by atoms with Crippen LogP contribution < -0.4 is 5.73 Å². The van der Waals surface area contributed by atoms with Crippen LogP contribution in [-0.2, 0) is 6.54 Å². The largest absolute Gasteiger partial charge is 0.325 e. The van der Waals surface area contributed by atoms with Crippen molar-refractivity contribution in [2.24, 2.45) is 5.73 Å². The van der Waals surface area contributed by atoms with Gasteiger partial charge in [0, 0.05) is 24.5 Å². The summed E-state index contributed by atoms with van der Waals surface area (Å²) in [6, 6.07) is 7.51. The van der Waals surface area contributed by atoms with Crippen LogP contribution in [0.4, 0.5) is 0 Å². The van der Waals surface area contributed by atoms with E-state index < -0.39 is 0 Å². The number of hydrogen-bond donors (Lipinski definition) is 1. The second-order valence-electron chi connectivity index (χ2n) is 3.10. The van der Waals surface area contributed by atoms with Crippen LogP contribution in [0, 0.1) is 0 Å². The van der Waals surface area contributed by atoms with Gasteiger partial charge < -0.3 is 5.73 Å². The van der Waals surface area contributed by atoms with Gasteiger partial charge in [-0.15, -0.1) is 0 Å². The average molecular weight is 220 g/mol. The topological polar surface area (TPSA) is 51.8 Å². The first-order chi connectivity index (χ1) is 7.29. The smallest absolute Gasteiger partial charge is 0.0704 e. The first kappa shape index (κ1) is 10.1. The van der Waals surface area contributed by atoms with Crippen molar-refractivity contribution in [3.63, 3.8) is 0 Å². The van der Waals surface area contributed by atoms with Gasteiger partial charge in [-0.25, -0.2) is 0 Å². The number of pyridine rings is 2. The lowest BCUT2D eigenvalue weighted by atomic mass is 10.1. The van der Waals surface area contributed by atoms with Crippen molar-refractivity contribution in [3.05, 3.63) is 47.4 Å². The summed E-state index contributed by atoms with van der Waals surface area (Å²) in [5, 5.41) is 0.631. The number of rotatable bonds is 2. The fraction of sp³-hybridized carbons (Fsp3) is 0.0909. The van der Waals surface area contributed by atoms with Crippen molar-refractivity contribution in [2.45, 2.75) is 6.54 Å². The molecular formula is C11H10ClN3. The fourth-order valence-electron chi connectivity index (χ4n) is 1.30. The molecule has 2 aromatic rings. The van der Waals surface area contributed by atoms with E-state index in [1.165, 1.54) is 0 Å². The Bertz CT molecular complexity index is 454. The third-order valence-corrected chi connectivity index (χ3v) is 2.27. The molecule has 0 saturated heterocycles. The van der Waals surface area contributed by atoms with E-state index in [4.69, 9.17) is 17.3 Å². The predicted molar refractivity (Wildman–Crippen MR) is 60.4 cm³/mol. The van der Waals surface area contributed by atoms with Crippen molar-refractivity contribution >= 4 is 11.6 Å². The van der Waals surface area contributed by atoms with Crippen molar-refractivity contribution in [3.8, 4) is 11.3 Å². The zero-order valence-corrected chi connectivity index (χ0v) is 8.78. The van der Waals surface area contributed by atoms with Gasteiger partial charge in [0.1, 0.15) is 0 Å². The van der Waals surface area contributed by atoms with Gasteiger partial charge >= 0.3 is 0 Å². The van der Waals surface area contributed by atoms with Crippen molar-refractivity contribution in [1.82, 2.24) is 9.97 Å². The minimum atomic E-state index is 0.432. The molecule has 3 nitrogen and oxygen atoms in total. The van der Waals surface area contributed by atoms with Crippen molar-refractivity contribution < 1.29 is 0 Å². The third-order valence-electron chi connectivity index (χ3n) is 2.05. The fourth-order valence-corrected chi connectivity index (χ4v) is 1.41. The maximum absolute atomic E-state index is 5.76. The molecule has 0 aliphatic carbocycles. The Kier molecular flexibility index (Phi) is 2.94. The monoisotopic (exact) mass is 219 g/mol. The lowest BCUT2D eigenvalue weighted by molar-refractivity contribution is 0.991. The van der Waals surface area contributed by atoms with Crippen LogP contribution in [0.2, 0.25) is 5.02 Å². The van der Waals surface area contributed by atoms with Gasteiger partial charge in [0.05, 0.1) is 16.4 Å². The van der Waals surface area contributed by atoms with Gasteiger partial charge in [-0.05, 0) is 24.3 Å². The Labute approximate surface area is 92.9 Å². The molecule has 15 heavy (non-hydrogen) atoms. The lowest BCUT2D eigenvalue weighted by Gasteiger charge is -2.02. The summed E-state index contributed by atoms with van der Waals surface area (Å²) in [5.74, 6) is 0. The molecule has 0 aliphatic rings. The minimum Gasteiger partial charge on any atom is -0.325 e. The highest BCUT2D eigenvalue weighted by Crippen LogP contribution is 2.18. The van der Waals surface area contributed by atoms with Crippen LogP contribution in [-0.4, -0.2) is 9.97 Å². The summed E-state index contributed by atoms with van der Waals surface area (Å²) < 4.78 is 0. The number of nitrogens with two attached hydrogens (primary N) is 1. The summed E-state index contributed by atoms with van der Waals surface area (Å²) in [6.45, 7) is 0.432. The first-order valence-corrected chi connectivity index (χ1v) is 4.94. The van der Waals surface area contributed by atoms with E-state index >= 15 is 0 Å². The Morgan fingerprint density at radius 1 is 1.20 bits per heavy atom. The van der Waals surface area contributed by atoms with Gasteiger partial charge in [-0.1, -0.05) is 11.6 Å². The lowest BCUT2D eigenvalue weighted by Crippen LogP contribution is -1.99. The number of hydrogen-bond acceptors (Lipinski definition) is 3. The molecule has 2 rings (SSSR count). The molecule has 0 atom stereocenters. The van der Waals surface area contributed by atoms with Gasteiger partial charge in [0.15, 0.2) is 0 Å². The minimum absolute atomic E-state index is 0.432. The molecule has 0 saturated carbocycles. The SMILES string of the molecule is NCc1cc(-c2ccc(Cl)cn2)ccn1. The Morgan fingerprint density at radius 3 is 2.73 bits per heavy atom. The van der Waals surface area contributed by atoms with Crippen LogP contribution in [0.15, 0.2) is 36.7 Å². The van der Waals surface area contributed by atoms with E-state index in [-0.39, 0.29) is 0 Å². The Hall–Kier alpha value is -1.45. The molecule has 0 aliphatic heterocycles. The zero-order valence-electron chi connectivity index (χ0n) is 8.02. The highest BCUT2D eigenvalue weighted by molar-refractivity contribution is 6.30. The van der Waals surface area contributed by atoms with E-state index in [0.29, 0.717) is 11.6 Å². The Balaban J connectivity index is 2.40. The molecule has 76 valence electrons. The van der Waals surface area contributed by atoms with Crippen LogP contribution >= 0.6 is 11.6 Å². The molecule has 0 amide bonds. The molecule has 4 heteroatoms. The summed E-state index contributed by atoms with van der Waals surface area (Å²) >= 11 is 5.76. The maximum atomic E-state index is 5.76. The molecule has 2 heterocycles. The van der Waals surface area contributed by atoms with Gasteiger partial charge in [0.2, 0.25) is 0 Å². The second kappa shape index (κ2) is 4.38. The second-order valence-corrected chi connectivity index (χ2v) is 3.54. The molecule has 2 aromatic heterocycles. The van der Waals surface area contributed by atoms with Crippen molar-refractivity contribution in [1.29, 1.82) is 0 Å². The average Bonchev–Trinajstić information content (AvgIpc) is 2.30. The molecule has 0 spiro atoms. The normalized spacial score (nSPS) is 10.3. The van der Waals surface area contributed by atoms with Gasteiger partial charge in [-0.2, -0.15) is 0 Å². The summed E-state index contributed by atoms with van der Waals surface area (Å²) in [6.07, 6.45) is 3.35. The summed E-state index contributed by atoms with van der Waals surface area (Å²) in [4.78, 5) is 8.35. The van der Waals surface area contributed by atoms with Crippen LogP contribution in [0.5, 0.6) is 0 Å². The molecule has 0 aromatic carbocycles.